The van der Waals surface area contributed by atoms with Crippen LogP contribution in [0.2, 0.25) is 0 Å². The Kier molecular flexibility index (Phi) is 8.75. The van der Waals surface area contributed by atoms with E-state index in [0.29, 0.717) is 57.2 Å². The average molecular weight is 431 g/mol. The highest BCUT2D eigenvalue weighted by Gasteiger charge is 2.24. The molecule has 1 fully saturated rings. The van der Waals surface area contributed by atoms with Crippen LogP contribution in [0.5, 0.6) is 0 Å². The third-order valence-corrected chi connectivity index (χ3v) is 5.21. The first-order valence-corrected chi connectivity index (χ1v) is 10.9. The second-order valence-corrected chi connectivity index (χ2v) is 7.43. The van der Waals surface area contributed by atoms with Gasteiger partial charge in [-0.25, -0.2) is 9.18 Å². The molecule has 1 aliphatic heterocycles. The molecular weight excluding hydrogens is 399 g/mol. The lowest BCUT2D eigenvalue weighted by atomic mass is 10.1. The van der Waals surface area contributed by atoms with Crippen LogP contribution in [0.25, 0.3) is 0 Å². The van der Waals surface area contributed by atoms with Crippen LogP contribution in [0.3, 0.4) is 0 Å². The van der Waals surface area contributed by atoms with Crippen molar-refractivity contribution in [2.24, 2.45) is 4.99 Å². The zero-order valence-corrected chi connectivity index (χ0v) is 18.0. The Morgan fingerprint density at radius 2 is 2.03 bits per heavy atom. The predicted molar refractivity (Wildman–Crippen MR) is 118 cm³/mol. The van der Waals surface area contributed by atoms with Crippen LogP contribution in [0, 0.1) is 5.82 Å². The van der Waals surface area contributed by atoms with Gasteiger partial charge in [0, 0.05) is 38.6 Å². The van der Waals surface area contributed by atoms with Crippen molar-refractivity contribution in [2.45, 2.75) is 38.6 Å². The van der Waals surface area contributed by atoms with Crippen molar-refractivity contribution in [3.8, 4) is 0 Å². The molecule has 2 heterocycles. The number of carbonyl (C=O) groups excluding carboxylic acids is 1. The highest BCUT2D eigenvalue weighted by atomic mass is 19.1. The Hall–Kier alpha value is -3.03. The van der Waals surface area contributed by atoms with Gasteiger partial charge in [0.25, 0.3) is 0 Å². The number of rotatable bonds is 8. The summed E-state index contributed by atoms with van der Waals surface area (Å²) in [7, 11) is 0. The highest BCUT2D eigenvalue weighted by Crippen LogP contribution is 2.12. The van der Waals surface area contributed by atoms with Crippen molar-refractivity contribution >= 4 is 12.1 Å². The standard InChI is InChI=1S/C23H31FN4O3/c1-2-30-23(29)28-15-11-19(12-16-28)27-22(26-14-10-20-7-5-17-31-20)25-13-9-18-6-3-4-8-21(18)24/h3-8,17,19H,2,9-16H2,1H3,(H2,25,26,27). The number of hydrogen-bond donors (Lipinski definition) is 2. The van der Waals surface area contributed by atoms with Gasteiger partial charge in [0.2, 0.25) is 0 Å². The fourth-order valence-corrected chi connectivity index (χ4v) is 3.52. The smallest absolute Gasteiger partial charge is 0.409 e. The number of aliphatic imine (C=N–C) groups is 1. The SMILES string of the molecule is CCOC(=O)N1CCC(NC(=NCCc2ccco2)NCCc2ccccc2F)CC1. The van der Waals surface area contributed by atoms with E-state index in [1.54, 1.807) is 23.3 Å². The predicted octanol–water partition coefficient (Wildman–Crippen LogP) is 3.36. The number of guanidine groups is 1. The first kappa shape index (κ1) is 22.7. The Bertz CT molecular complexity index is 833. The van der Waals surface area contributed by atoms with E-state index in [-0.39, 0.29) is 18.0 Å². The molecule has 8 heteroatoms. The number of halogens is 1. The monoisotopic (exact) mass is 430 g/mol. The molecule has 0 atom stereocenters. The van der Waals surface area contributed by atoms with Gasteiger partial charge >= 0.3 is 6.09 Å². The molecule has 0 saturated carbocycles. The third-order valence-electron chi connectivity index (χ3n) is 5.21. The molecular formula is C23H31FN4O3. The van der Waals surface area contributed by atoms with Crippen LogP contribution in [-0.2, 0) is 17.6 Å². The van der Waals surface area contributed by atoms with Gasteiger partial charge in [-0.1, -0.05) is 18.2 Å². The Morgan fingerprint density at radius 3 is 2.74 bits per heavy atom. The van der Waals surface area contributed by atoms with Crippen LogP contribution >= 0.6 is 0 Å². The molecule has 168 valence electrons. The summed E-state index contributed by atoms with van der Waals surface area (Å²) < 4.78 is 24.3. The van der Waals surface area contributed by atoms with E-state index in [4.69, 9.17) is 9.15 Å². The molecule has 2 aromatic rings. The van der Waals surface area contributed by atoms with Crippen molar-refractivity contribution in [3.05, 3.63) is 59.8 Å². The molecule has 0 spiro atoms. The number of amides is 1. The molecule has 3 rings (SSSR count). The van der Waals surface area contributed by atoms with Gasteiger partial charge in [-0.3, -0.25) is 4.99 Å². The zero-order valence-electron chi connectivity index (χ0n) is 18.0. The summed E-state index contributed by atoms with van der Waals surface area (Å²) in [6, 6.07) is 10.8. The highest BCUT2D eigenvalue weighted by molar-refractivity contribution is 5.80. The van der Waals surface area contributed by atoms with Crippen molar-refractivity contribution in [2.75, 3.05) is 32.8 Å². The van der Waals surface area contributed by atoms with E-state index < -0.39 is 0 Å². The number of hydrogen-bond acceptors (Lipinski definition) is 4. The number of carbonyl (C=O) groups is 1. The Balaban J connectivity index is 1.52. The van der Waals surface area contributed by atoms with Gasteiger partial charge in [-0.05, 0) is 49.9 Å². The lowest BCUT2D eigenvalue weighted by Gasteiger charge is -2.32. The molecule has 0 aliphatic carbocycles. The molecule has 1 aromatic carbocycles. The summed E-state index contributed by atoms with van der Waals surface area (Å²) in [5.74, 6) is 1.38. The summed E-state index contributed by atoms with van der Waals surface area (Å²) in [6.45, 7) is 4.62. The van der Waals surface area contributed by atoms with Crippen molar-refractivity contribution in [1.82, 2.24) is 15.5 Å². The van der Waals surface area contributed by atoms with Gasteiger partial charge in [0.1, 0.15) is 11.6 Å². The molecule has 7 nitrogen and oxygen atoms in total. The van der Waals surface area contributed by atoms with Gasteiger partial charge < -0.3 is 24.7 Å². The van der Waals surface area contributed by atoms with Crippen LogP contribution in [-0.4, -0.2) is 55.8 Å². The second-order valence-electron chi connectivity index (χ2n) is 7.43. The maximum atomic E-state index is 13.9. The van der Waals surface area contributed by atoms with E-state index in [9.17, 15) is 9.18 Å². The van der Waals surface area contributed by atoms with E-state index in [0.717, 1.165) is 18.6 Å². The first-order chi connectivity index (χ1) is 15.2. The maximum absolute atomic E-state index is 13.9. The van der Waals surface area contributed by atoms with E-state index in [2.05, 4.69) is 15.6 Å². The van der Waals surface area contributed by atoms with Gasteiger partial charge in [0.15, 0.2) is 5.96 Å². The van der Waals surface area contributed by atoms with Crippen LogP contribution < -0.4 is 10.6 Å². The first-order valence-electron chi connectivity index (χ1n) is 10.9. The molecule has 2 N–H and O–H groups in total. The van der Waals surface area contributed by atoms with Gasteiger partial charge in [-0.15, -0.1) is 0 Å². The number of nitrogens with one attached hydrogen (secondary N) is 2. The largest absolute Gasteiger partial charge is 0.469 e. The zero-order chi connectivity index (χ0) is 21.9. The summed E-state index contributed by atoms with van der Waals surface area (Å²) in [5, 5.41) is 6.78. The lowest BCUT2D eigenvalue weighted by molar-refractivity contribution is 0.0963. The number of furan rings is 1. The molecule has 1 saturated heterocycles. The summed E-state index contributed by atoms with van der Waals surface area (Å²) in [4.78, 5) is 18.3. The topological polar surface area (TPSA) is 79.1 Å². The Labute approximate surface area is 182 Å². The van der Waals surface area contributed by atoms with E-state index in [1.807, 2.05) is 25.1 Å². The van der Waals surface area contributed by atoms with Crippen LogP contribution in [0.1, 0.15) is 31.1 Å². The quantitative estimate of drug-likeness (QED) is 0.496. The van der Waals surface area contributed by atoms with E-state index >= 15 is 0 Å². The molecule has 0 bridgehead atoms. The number of benzene rings is 1. The fraction of sp³-hybridized carbons (Fsp3) is 0.478. The molecule has 0 radical (unpaired) electrons. The fourth-order valence-electron chi connectivity index (χ4n) is 3.52. The Morgan fingerprint density at radius 1 is 1.23 bits per heavy atom. The minimum Gasteiger partial charge on any atom is -0.469 e. The summed E-state index contributed by atoms with van der Waals surface area (Å²) in [5.41, 5.74) is 0.674. The van der Waals surface area contributed by atoms with E-state index in [1.165, 1.54) is 6.07 Å². The third kappa shape index (κ3) is 7.31. The second kappa shape index (κ2) is 12.0. The van der Waals surface area contributed by atoms with Gasteiger partial charge in [-0.2, -0.15) is 0 Å². The number of nitrogens with zero attached hydrogens (tertiary/aromatic N) is 2. The number of piperidine rings is 1. The number of ether oxygens (including phenoxy) is 1. The normalized spacial score (nSPS) is 15.0. The molecule has 0 unspecified atom stereocenters. The molecule has 31 heavy (non-hydrogen) atoms. The van der Waals surface area contributed by atoms with Crippen molar-refractivity contribution in [1.29, 1.82) is 0 Å². The minimum atomic E-state index is -0.253. The van der Waals surface area contributed by atoms with Crippen LogP contribution in [0.15, 0.2) is 52.1 Å². The minimum absolute atomic E-state index is 0.195. The lowest BCUT2D eigenvalue weighted by Crippen LogP contribution is -2.50. The molecule has 1 aromatic heterocycles. The van der Waals surface area contributed by atoms with Crippen molar-refractivity contribution in [3.63, 3.8) is 0 Å². The number of likely N-dealkylation sites (tertiary alicyclic amines) is 1. The summed E-state index contributed by atoms with van der Waals surface area (Å²) in [6.07, 6.45) is 4.29. The van der Waals surface area contributed by atoms with Crippen LogP contribution in [0.4, 0.5) is 9.18 Å². The maximum Gasteiger partial charge on any atom is 0.409 e. The van der Waals surface area contributed by atoms with Crippen molar-refractivity contribution < 1.29 is 18.3 Å². The summed E-state index contributed by atoms with van der Waals surface area (Å²) >= 11 is 0. The molecule has 1 amide bonds. The van der Waals surface area contributed by atoms with Gasteiger partial charge in [0.05, 0.1) is 12.9 Å². The average Bonchev–Trinajstić information content (AvgIpc) is 3.29. The molecule has 1 aliphatic rings.